The number of amides is 1. The summed E-state index contributed by atoms with van der Waals surface area (Å²) in [7, 11) is 0. The first-order chi connectivity index (χ1) is 9.95. The molecule has 1 aromatic heterocycles. The molecule has 128 valence electrons. The number of nitrogens with one attached hydrogen (secondary N) is 1. The van der Waals surface area contributed by atoms with Crippen LogP contribution in [0.25, 0.3) is 0 Å². The van der Waals surface area contributed by atoms with E-state index in [1.807, 2.05) is 36.6 Å². The Bertz CT molecular complexity index is 606. The number of carbonyl (C=O) groups is 1. The van der Waals surface area contributed by atoms with Gasteiger partial charge in [-0.05, 0) is 31.0 Å². The van der Waals surface area contributed by atoms with Crippen LogP contribution in [0.15, 0.2) is 40.3 Å². The predicted molar refractivity (Wildman–Crippen MR) is 103 cm³/mol. The number of hydrogen-bond donors (Lipinski definition) is 2. The summed E-state index contributed by atoms with van der Waals surface area (Å²) in [6.45, 7) is 3.74. The Morgan fingerprint density at radius 3 is 2.48 bits per heavy atom. The minimum absolute atomic E-state index is 0. The number of halogens is 3. The summed E-state index contributed by atoms with van der Waals surface area (Å²) in [5.41, 5.74) is 5.94. The SMILES string of the molecule is CCC(NC(=O)C(C)(N)c1ccc(Br)cc1)c1nccs1.Cl.Cl. The largest absolute Gasteiger partial charge is 0.345 e. The second kappa shape index (κ2) is 9.59. The lowest BCUT2D eigenvalue weighted by Gasteiger charge is -2.26. The third-order valence-electron chi connectivity index (χ3n) is 3.38. The van der Waals surface area contributed by atoms with Gasteiger partial charge in [-0.1, -0.05) is 35.0 Å². The van der Waals surface area contributed by atoms with Gasteiger partial charge in [0.15, 0.2) is 0 Å². The fraction of sp³-hybridized carbons (Fsp3) is 0.333. The highest BCUT2D eigenvalue weighted by atomic mass is 79.9. The van der Waals surface area contributed by atoms with E-state index in [4.69, 9.17) is 5.73 Å². The number of benzene rings is 1. The molecule has 0 radical (unpaired) electrons. The molecule has 0 bridgehead atoms. The lowest BCUT2D eigenvalue weighted by atomic mass is 9.92. The number of hydrogen-bond acceptors (Lipinski definition) is 4. The Balaban J connectivity index is 0.00000242. The zero-order valence-electron chi connectivity index (χ0n) is 12.8. The quantitative estimate of drug-likeness (QED) is 0.732. The molecule has 0 spiro atoms. The molecule has 1 amide bonds. The van der Waals surface area contributed by atoms with Crippen LogP contribution in [0.1, 0.15) is 36.9 Å². The van der Waals surface area contributed by atoms with Gasteiger partial charge >= 0.3 is 0 Å². The minimum atomic E-state index is -1.08. The molecule has 2 rings (SSSR count). The Morgan fingerprint density at radius 1 is 1.39 bits per heavy atom. The van der Waals surface area contributed by atoms with Gasteiger partial charge in [-0.25, -0.2) is 4.98 Å². The molecule has 2 aromatic rings. The van der Waals surface area contributed by atoms with Crippen LogP contribution < -0.4 is 11.1 Å². The van der Waals surface area contributed by atoms with Crippen molar-refractivity contribution in [3.05, 3.63) is 50.9 Å². The fourth-order valence-electron chi connectivity index (χ4n) is 1.98. The molecule has 3 N–H and O–H groups in total. The average molecular weight is 441 g/mol. The normalized spacial score (nSPS) is 13.9. The van der Waals surface area contributed by atoms with E-state index in [1.54, 1.807) is 13.1 Å². The topological polar surface area (TPSA) is 68.0 Å². The maximum Gasteiger partial charge on any atom is 0.244 e. The molecule has 0 aliphatic carbocycles. The summed E-state index contributed by atoms with van der Waals surface area (Å²) in [5.74, 6) is -0.202. The maximum absolute atomic E-state index is 12.5. The number of nitrogens with two attached hydrogens (primary N) is 1. The van der Waals surface area contributed by atoms with Crippen LogP contribution in [-0.4, -0.2) is 10.9 Å². The van der Waals surface area contributed by atoms with Gasteiger partial charge in [0.25, 0.3) is 0 Å². The van der Waals surface area contributed by atoms with Crippen LogP contribution in [0.5, 0.6) is 0 Å². The monoisotopic (exact) mass is 439 g/mol. The van der Waals surface area contributed by atoms with Crippen LogP contribution in [0.4, 0.5) is 0 Å². The molecule has 0 saturated carbocycles. The minimum Gasteiger partial charge on any atom is -0.345 e. The van der Waals surface area contributed by atoms with Crippen LogP contribution >= 0.6 is 52.1 Å². The predicted octanol–water partition coefficient (Wildman–Crippen LogP) is 4.19. The number of nitrogens with zero attached hydrogens (tertiary/aromatic N) is 1. The molecule has 0 fully saturated rings. The standard InChI is InChI=1S/C15H18BrN3OS.2ClH/c1-3-12(13-18-8-9-21-13)19-14(20)15(2,17)10-4-6-11(16)7-5-10;;/h4-9,12H,3,17H2,1-2H3,(H,19,20);2*1H. The summed E-state index contributed by atoms with van der Waals surface area (Å²) in [4.78, 5) is 16.8. The molecule has 1 heterocycles. The molecule has 23 heavy (non-hydrogen) atoms. The lowest BCUT2D eigenvalue weighted by molar-refractivity contribution is -0.126. The second-order valence-corrected chi connectivity index (χ2v) is 6.86. The van der Waals surface area contributed by atoms with Crippen molar-refractivity contribution in [3.63, 3.8) is 0 Å². The molecule has 2 unspecified atom stereocenters. The van der Waals surface area contributed by atoms with Crippen molar-refractivity contribution < 1.29 is 4.79 Å². The molecule has 0 aliphatic heterocycles. The number of carbonyl (C=O) groups excluding carboxylic acids is 1. The molecule has 4 nitrogen and oxygen atoms in total. The lowest BCUT2D eigenvalue weighted by Crippen LogP contribution is -2.49. The maximum atomic E-state index is 12.5. The summed E-state index contributed by atoms with van der Waals surface area (Å²) in [6, 6.07) is 7.37. The Morgan fingerprint density at radius 2 is 2.00 bits per heavy atom. The molecular weight excluding hydrogens is 421 g/mol. The van der Waals surface area contributed by atoms with Crippen LogP contribution in [-0.2, 0) is 10.3 Å². The highest BCUT2D eigenvalue weighted by Crippen LogP contribution is 2.24. The Labute approximate surface area is 161 Å². The van der Waals surface area contributed by atoms with Gasteiger partial charge in [-0.3, -0.25) is 4.79 Å². The van der Waals surface area contributed by atoms with E-state index in [-0.39, 0.29) is 36.8 Å². The van der Waals surface area contributed by atoms with Crippen molar-refractivity contribution in [1.29, 1.82) is 0 Å². The molecule has 1 aromatic carbocycles. The number of thiazole rings is 1. The highest BCUT2D eigenvalue weighted by molar-refractivity contribution is 9.10. The molecule has 0 saturated heterocycles. The Kier molecular flexibility index (Phi) is 9.32. The molecular formula is C15H20BrCl2N3OS. The Hall–Kier alpha value is -0.660. The van der Waals surface area contributed by atoms with Crippen molar-refractivity contribution >= 4 is 58.0 Å². The number of rotatable bonds is 5. The smallest absolute Gasteiger partial charge is 0.244 e. The van der Waals surface area contributed by atoms with Crippen molar-refractivity contribution in [1.82, 2.24) is 10.3 Å². The van der Waals surface area contributed by atoms with E-state index in [0.29, 0.717) is 0 Å². The first kappa shape index (κ1) is 22.3. The summed E-state index contributed by atoms with van der Waals surface area (Å²) < 4.78 is 0.955. The molecule has 0 aliphatic rings. The van der Waals surface area contributed by atoms with Crippen molar-refractivity contribution in [3.8, 4) is 0 Å². The van der Waals surface area contributed by atoms with Gasteiger partial charge in [0, 0.05) is 16.0 Å². The molecule has 2 atom stereocenters. The molecule has 8 heteroatoms. The first-order valence-electron chi connectivity index (χ1n) is 6.70. The van der Waals surface area contributed by atoms with Crippen LogP contribution in [0.2, 0.25) is 0 Å². The van der Waals surface area contributed by atoms with Gasteiger partial charge in [0.2, 0.25) is 5.91 Å². The van der Waals surface area contributed by atoms with E-state index in [9.17, 15) is 4.79 Å². The van der Waals surface area contributed by atoms with Crippen molar-refractivity contribution in [2.75, 3.05) is 0 Å². The van der Waals surface area contributed by atoms with Gasteiger partial charge in [-0.15, -0.1) is 36.2 Å². The van der Waals surface area contributed by atoms with Crippen LogP contribution in [0, 0.1) is 0 Å². The average Bonchev–Trinajstić information content (AvgIpc) is 2.98. The van der Waals surface area contributed by atoms with Crippen molar-refractivity contribution in [2.45, 2.75) is 31.8 Å². The van der Waals surface area contributed by atoms with Gasteiger partial charge in [-0.2, -0.15) is 0 Å². The van der Waals surface area contributed by atoms with Gasteiger partial charge in [0.1, 0.15) is 10.5 Å². The van der Waals surface area contributed by atoms with E-state index in [1.165, 1.54) is 11.3 Å². The fourth-order valence-corrected chi connectivity index (χ4v) is 3.02. The van der Waals surface area contributed by atoms with Crippen LogP contribution in [0.3, 0.4) is 0 Å². The van der Waals surface area contributed by atoms with E-state index in [0.717, 1.165) is 21.5 Å². The second-order valence-electron chi connectivity index (χ2n) is 5.01. The highest BCUT2D eigenvalue weighted by Gasteiger charge is 2.32. The van der Waals surface area contributed by atoms with Gasteiger partial charge in [0.05, 0.1) is 6.04 Å². The zero-order valence-corrected chi connectivity index (χ0v) is 16.8. The van der Waals surface area contributed by atoms with Crippen molar-refractivity contribution in [2.24, 2.45) is 5.73 Å². The summed E-state index contributed by atoms with van der Waals surface area (Å²) >= 11 is 4.91. The third kappa shape index (κ3) is 5.43. The van der Waals surface area contributed by atoms with E-state index >= 15 is 0 Å². The third-order valence-corrected chi connectivity index (χ3v) is 4.80. The van der Waals surface area contributed by atoms with Gasteiger partial charge < -0.3 is 11.1 Å². The van der Waals surface area contributed by atoms with E-state index < -0.39 is 5.54 Å². The first-order valence-corrected chi connectivity index (χ1v) is 8.37. The zero-order chi connectivity index (χ0) is 15.5. The summed E-state index contributed by atoms with van der Waals surface area (Å²) in [5, 5.41) is 5.80. The summed E-state index contributed by atoms with van der Waals surface area (Å²) in [6.07, 6.45) is 2.51. The number of aromatic nitrogens is 1. The van der Waals surface area contributed by atoms with E-state index in [2.05, 4.69) is 26.2 Å².